The fourth-order valence-corrected chi connectivity index (χ4v) is 5.37. The van der Waals surface area contributed by atoms with Crippen LogP contribution in [0, 0.1) is 12.8 Å². The molecule has 1 aromatic carbocycles. The Labute approximate surface area is 205 Å². The van der Waals surface area contributed by atoms with Crippen molar-refractivity contribution in [2.24, 2.45) is 5.92 Å². The number of nitrogens with zero attached hydrogens (tertiary/aromatic N) is 4. The molecule has 1 atom stereocenters. The third-order valence-electron chi connectivity index (χ3n) is 7.31. The highest BCUT2D eigenvalue weighted by Crippen LogP contribution is 2.30. The average Bonchev–Trinajstić information content (AvgIpc) is 3.44. The summed E-state index contributed by atoms with van der Waals surface area (Å²) in [7, 11) is 2.11. The van der Waals surface area contributed by atoms with Gasteiger partial charge in [-0.15, -0.1) is 12.4 Å². The second-order valence-corrected chi connectivity index (χ2v) is 9.62. The van der Waals surface area contributed by atoms with Crippen molar-refractivity contribution in [2.75, 3.05) is 46.4 Å². The Balaban J connectivity index is 0.00000274. The van der Waals surface area contributed by atoms with E-state index < -0.39 is 0 Å². The predicted octanol–water partition coefficient (Wildman–Crippen LogP) is 3.37. The van der Waals surface area contributed by atoms with Crippen LogP contribution in [0.3, 0.4) is 0 Å². The molecule has 2 saturated heterocycles. The number of carbonyl (C=O) groups excluding carboxylic acids is 1. The summed E-state index contributed by atoms with van der Waals surface area (Å²) in [5.41, 5.74) is 3.04. The predicted molar refractivity (Wildman–Crippen MR) is 136 cm³/mol. The highest BCUT2D eigenvalue weighted by Gasteiger charge is 2.27. The Hall–Kier alpha value is -2.42. The lowest BCUT2D eigenvalue weighted by atomic mass is 9.96. The van der Waals surface area contributed by atoms with Crippen molar-refractivity contribution in [3.05, 3.63) is 39.8 Å². The summed E-state index contributed by atoms with van der Waals surface area (Å²) in [4.78, 5) is 33.5. The zero-order valence-electron chi connectivity index (χ0n) is 20.2. The zero-order chi connectivity index (χ0) is 23.1. The summed E-state index contributed by atoms with van der Waals surface area (Å²) in [5, 5.41) is 6.07. The second kappa shape index (κ2) is 10.1. The van der Waals surface area contributed by atoms with Crippen LogP contribution in [0.25, 0.3) is 21.8 Å². The van der Waals surface area contributed by atoms with Gasteiger partial charge in [-0.1, -0.05) is 0 Å². The van der Waals surface area contributed by atoms with Gasteiger partial charge in [0.2, 0.25) is 0 Å². The number of nitrogens with one attached hydrogen (secondary N) is 1. The molecule has 5 rings (SSSR count). The number of hydrogen-bond acceptors (Lipinski definition) is 5. The number of hydrogen-bond donors (Lipinski definition) is 1. The molecule has 184 valence electrons. The van der Waals surface area contributed by atoms with Gasteiger partial charge >= 0.3 is 0 Å². The van der Waals surface area contributed by atoms with Crippen molar-refractivity contribution in [3.63, 3.8) is 0 Å². The van der Waals surface area contributed by atoms with Crippen LogP contribution in [0.4, 0.5) is 0 Å². The monoisotopic (exact) mass is 487 g/mol. The molecule has 4 heterocycles. The Morgan fingerprint density at radius 1 is 1.18 bits per heavy atom. The van der Waals surface area contributed by atoms with Crippen LogP contribution in [-0.2, 0) is 4.74 Å². The molecular weight excluding hydrogens is 454 g/mol. The highest BCUT2D eigenvalue weighted by atomic mass is 35.5. The van der Waals surface area contributed by atoms with Crippen LogP contribution in [0.1, 0.15) is 48.1 Å². The maximum absolute atomic E-state index is 13.5. The molecule has 3 aromatic rings. The van der Waals surface area contributed by atoms with Gasteiger partial charge in [0, 0.05) is 43.8 Å². The van der Waals surface area contributed by atoms with E-state index in [1.54, 1.807) is 6.20 Å². The number of fused-ring (bicyclic) bond motifs is 3. The number of carbonyl (C=O) groups is 1. The van der Waals surface area contributed by atoms with Gasteiger partial charge in [-0.2, -0.15) is 5.10 Å². The lowest BCUT2D eigenvalue weighted by Crippen LogP contribution is -2.39. The van der Waals surface area contributed by atoms with E-state index >= 15 is 0 Å². The molecule has 1 amide bonds. The van der Waals surface area contributed by atoms with E-state index in [4.69, 9.17) is 4.74 Å². The van der Waals surface area contributed by atoms with Crippen LogP contribution < -0.4 is 5.56 Å². The van der Waals surface area contributed by atoms with Crippen molar-refractivity contribution in [1.82, 2.24) is 24.6 Å². The third-order valence-corrected chi connectivity index (χ3v) is 7.31. The molecule has 34 heavy (non-hydrogen) atoms. The highest BCUT2D eigenvalue weighted by molar-refractivity contribution is 6.07. The number of ether oxygens (including phenoxy) is 1. The number of pyridine rings is 1. The topological polar surface area (TPSA) is 83.5 Å². The van der Waals surface area contributed by atoms with Gasteiger partial charge < -0.3 is 19.5 Å². The van der Waals surface area contributed by atoms with E-state index in [1.807, 2.05) is 35.6 Å². The number of H-pyrrole nitrogens is 1. The molecule has 1 unspecified atom stereocenters. The molecule has 8 nitrogen and oxygen atoms in total. The van der Waals surface area contributed by atoms with E-state index in [-0.39, 0.29) is 29.9 Å². The molecule has 2 aliphatic rings. The molecule has 2 fully saturated rings. The first kappa shape index (κ1) is 24.7. The Morgan fingerprint density at radius 2 is 1.94 bits per heavy atom. The first-order chi connectivity index (χ1) is 16.0. The summed E-state index contributed by atoms with van der Waals surface area (Å²) in [5.74, 6) is 0.588. The first-order valence-corrected chi connectivity index (χ1v) is 12.1. The summed E-state index contributed by atoms with van der Waals surface area (Å²) >= 11 is 0. The smallest absolute Gasteiger partial charge is 0.259 e. The number of aromatic nitrogens is 3. The van der Waals surface area contributed by atoms with Crippen molar-refractivity contribution < 1.29 is 9.53 Å². The quantitative estimate of drug-likeness (QED) is 0.596. The Morgan fingerprint density at radius 3 is 2.62 bits per heavy atom. The van der Waals surface area contributed by atoms with Gasteiger partial charge in [0.15, 0.2) is 0 Å². The average molecular weight is 488 g/mol. The Bertz CT molecular complexity index is 1240. The summed E-state index contributed by atoms with van der Waals surface area (Å²) in [6.45, 7) is 8.89. The SMILES string of the molecule is CCOCC1CCN(C(=O)c2cc3c(cc2C)[nH]c(=O)c2cnn(C4CCN(C)C4)c23)CC1.Cl. The minimum Gasteiger partial charge on any atom is -0.381 e. The van der Waals surface area contributed by atoms with Crippen molar-refractivity contribution in [3.8, 4) is 0 Å². The largest absolute Gasteiger partial charge is 0.381 e. The molecule has 0 saturated carbocycles. The fourth-order valence-electron chi connectivity index (χ4n) is 5.37. The van der Waals surface area contributed by atoms with Crippen molar-refractivity contribution >= 4 is 40.1 Å². The summed E-state index contributed by atoms with van der Waals surface area (Å²) in [6, 6.07) is 4.12. The van der Waals surface area contributed by atoms with Gasteiger partial charge in [0.05, 0.1) is 28.7 Å². The minimum atomic E-state index is -0.134. The van der Waals surface area contributed by atoms with E-state index in [0.717, 1.165) is 80.6 Å². The molecular formula is C25H34ClN5O3. The lowest BCUT2D eigenvalue weighted by Gasteiger charge is -2.32. The van der Waals surface area contributed by atoms with Gasteiger partial charge in [0.25, 0.3) is 11.5 Å². The van der Waals surface area contributed by atoms with E-state index in [0.29, 0.717) is 16.9 Å². The van der Waals surface area contributed by atoms with Crippen LogP contribution in [0.5, 0.6) is 0 Å². The minimum absolute atomic E-state index is 0. The molecule has 1 N–H and O–H groups in total. The van der Waals surface area contributed by atoms with E-state index in [1.165, 1.54) is 0 Å². The van der Waals surface area contributed by atoms with Crippen LogP contribution >= 0.6 is 12.4 Å². The van der Waals surface area contributed by atoms with Crippen molar-refractivity contribution in [2.45, 2.75) is 39.2 Å². The molecule has 2 aromatic heterocycles. The maximum Gasteiger partial charge on any atom is 0.259 e. The number of rotatable bonds is 5. The number of halogens is 1. The van der Waals surface area contributed by atoms with Crippen LogP contribution in [0.15, 0.2) is 23.1 Å². The molecule has 0 radical (unpaired) electrons. The van der Waals surface area contributed by atoms with Crippen LogP contribution in [-0.4, -0.2) is 76.9 Å². The number of benzene rings is 1. The molecule has 0 spiro atoms. The number of likely N-dealkylation sites (N-methyl/N-ethyl adjacent to an activating group) is 1. The third kappa shape index (κ3) is 4.46. The van der Waals surface area contributed by atoms with Crippen LogP contribution in [0.2, 0.25) is 0 Å². The Kier molecular flexibility index (Phi) is 7.31. The molecule has 0 aliphatic carbocycles. The number of piperidine rings is 1. The normalized spacial score (nSPS) is 19.7. The summed E-state index contributed by atoms with van der Waals surface area (Å²) < 4.78 is 7.58. The van der Waals surface area contributed by atoms with Gasteiger partial charge in [-0.05, 0) is 70.3 Å². The molecule has 2 aliphatic heterocycles. The zero-order valence-corrected chi connectivity index (χ0v) is 21.0. The fraction of sp³-hybridized carbons (Fsp3) is 0.560. The number of amides is 1. The lowest BCUT2D eigenvalue weighted by molar-refractivity contribution is 0.0551. The van der Waals surface area contributed by atoms with E-state index in [9.17, 15) is 9.59 Å². The molecule has 9 heteroatoms. The second-order valence-electron chi connectivity index (χ2n) is 9.62. The summed E-state index contributed by atoms with van der Waals surface area (Å²) in [6.07, 6.45) is 4.60. The number of aromatic amines is 1. The number of aryl methyl sites for hydroxylation is 1. The first-order valence-electron chi connectivity index (χ1n) is 12.1. The number of likely N-dealkylation sites (tertiary alicyclic amines) is 2. The van der Waals surface area contributed by atoms with Gasteiger partial charge in [-0.3, -0.25) is 14.3 Å². The van der Waals surface area contributed by atoms with Gasteiger partial charge in [-0.25, -0.2) is 0 Å². The standard InChI is InChI=1S/C25H33N5O3.ClH/c1-4-33-15-17-5-9-29(10-6-17)25(32)19-12-20-22(11-16(19)2)27-24(31)21-13-26-30(23(20)21)18-7-8-28(3)14-18;/h11-13,17-18H,4-10,14-15H2,1-3H3,(H,27,31);1H. The van der Waals surface area contributed by atoms with Gasteiger partial charge in [0.1, 0.15) is 0 Å². The molecule has 0 bridgehead atoms. The van der Waals surface area contributed by atoms with E-state index in [2.05, 4.69) is 22.0 Å². The van der Waals surface area contributed by atoms with Crippen molar-refractivity contribution in [1.29, 1.82) is 0 Å². The maximum atomic E-state index is 13.5.